The molecular weight excluding hydrogens is 529 g/mol. The minimum atomic E-state index is 0. The summed E-state index contributed by atoms with van der Waals surface area (Å²) in [7, 11) is 1.90. The molecule has 3 fully saturated rings. The smallest absolute Gasteiger partial charge is 0.193 e. The van der Waals surface area contributed by atoms with E-state index in [0.29, 0.717) is 12.2 Å². The lowest BCUT2D eigenvalue weighted by molar-refractivity contribution is -0.0721. The van der Waals surface area contributed by atoms with E-state index in [4.69, 9.17) is 14.2 Å². The number of rotatable bonds is 6. The maximum Gasteiger partial charge on any atom is 0.193 e. The van der Waals surface area contributed by atoms with E-state index in [0.717, 1.165) is 84.1 Å². The number of aliphatic imine (C=N–C) groups is 1. The van der Waals surface area contributed by atoms with Crippen molar-refractivity contribution in [3.8, 4) is 0 Å². The van der Waals surface area contributed by atoms with Crippen LogP contribution in [0.15, 0.2) is 29.3 Å². The van der Waals surface area contributed by atoms with Gasteiger partial charge in [-0.2, -0.15) is 0 Å². The van der Waals surface area contributed by atoms with Crippen molar-refractivity contribution < 1.29 is 14.2 Å². The minimum Gasteiger partial charge on any atom is -0.381 e. The molecule has 0 aromatic heterocycles. The summed E-state index contributed by atoms with van der Waals surface area (Å²) in [6.07, 6.45) is 8.42. The number of benzene rings is 1. The van der Waals surface area contributed by atoms with E-state index in [1.807, 2.05) is 7.05 Å². The largest absolute Gasteiger partial charge is 0.381 e. The highest BCUT2D eigenvalue weighted by molar-refractivity contribution is 14.0. The predicted octanol–water partition coefficient (Wildman–Crippen LogP) is 4.29. The summed E-state index contributed by atoms with van der Waals surface area (Å²) < 4.78 is 17.7. The van der Waals surface area contributed by atoms with Crippen molar-refractivity contribution in [3.05, 3.63) is 35.4 Å². The average Bonchev–Trinajstić information content (AvgIpc) is 2.85. The van der Waals surface area contributed by atoms with Crippen LogP contribution >= 0.6 is 24.0 Å². The fourth-order valence-corrected chi connectivity index (χ4v) is 5.47. The molecule has 1 atom stereocenters. The molecule has 1 N–H and O–H groups in total. The molecule has 0 spiro atoms. The van der Waals surface area contributed by atoms with Crippen LogP contribution in [0.3, 0.4) is 0 Å². The fourth-order valence-electron chi connectivity index (χ4n) is 5.47. The molecule has 1 aromatic carbocycles. The molecule has 1 aromatic rings. The van der Waals surface area contributed by atoms with Crippen LogP contribution in [0, 0.1) is 6.92 Å². The SMILES string of the molecule is CN=C(NCC1(c2ccccc2C)CCOCC1)N1CCC(OCC2CCCCO2)CC1.I. The van der Waals surface area contributed by atoms with Crippen LogP contribution in [-0.4, -0.2) is 76.2 Å². The molecule has 186 valence electrons. The first-order valence-corrected chi connectivity index (χ1v) is 12.5. The Labute approximate surface area is 216 Å². The Balaban J connectivity index is 0.00000306. The summed E-state index contributed by atoms with van der Waals surface area (Å²) in [5.74, 6) is 1.01. The summed E-state index contributed by atoms with van der Waals surface area (Å²) in [6.45, 7) is 8.37. The number of ether oxygens (including phenoxy) is 3. The lowest BCUT2D eigenvalue weighted by Gasteiger charge is -2.41. The molecule has 1 unspecified atom stereocenters. The molecule has 4 rings (SSSR count). The highest BCUT2D eigenvalue weighted by atomic mass is 127. The fraction of sp³-hybridized carbons (Fsp3) is 0.731. The van der Waals surface area contributed by atoms with Crippen molar-refractivity contribution in [2.75, 3.05) is 53.1 Å². The second-order valence-electron chi connectivity index (χ2n) is 9.62. The number of nitrogens with zero attached hydrogens (tertiary/aromatic N) is 2. The minimum absolute atomic E-state index is 0. The first-order chi connectivity index (χ1) is 15.7. The number of halogens is 1. The normalized spacial score (nSPS) is 24.2. The monoisotopic (exact) mass is 571 g/mol. The van der Waals surface area contributed by atoms with Gasteiger partial charge in [-0.3, -0.25) is 4.99 Å². The number of hydrogen-bond donors (Lipinski definition) is 1. The summed E-state index contributed by atoms with van der Waals surface area (Å²) >= 11 is 0. The predicted molar refractivity (Wildman–Crippen MR) is 144 cm³/mol. The zero-order chi connectivity index (χ0) is 22.2. The van der Waals surface area contributed by atoms with Crippen molar-refractivity contribution in [1.29, 1.82) is 0 Å². The second kappa shape index (κ2) is 13.3. The zero-order valence-corrected chi connectivity index (χ0v) is 22.7. The lowest BCUT2D eigenvalue weighted by atomic mass is 9.72. The molecule has 33 heavy (non-hydrogen) atoms. The number of guanidine groups is 1. The molecule has 3 aliphatic rings. The Hall–Kier alpha value is -0.900. The number of piperidine rings is 1. The molecule has 0 aliphatic carbocycles. The van der Waals surface area contributed by atoms with Gasteiger partial charge in [-0.05, 0) is 63.0 Å². The van der Waals surface area contributed by atoms with Gasteiger partial charge in [0, 0.05) is 51.9 Å². The van der Waals surface area contributed by atoms with Gasteiger partial charge in [0.2, 0.25) is 0 Å². The Morgan fingerprint density at radius 2 is 1.88 bits per heavy atom. The van der Waals surface area contributed by atoms with Crippen LogP contribution in [0.5, 0.6) is 0 Å². The first kappa shape index (κ1) is 26.7. The summed E-state index contributed by atoms with van der Waals surface area (Å²) in [5.41, 5.74) is 2.91. The van der Waals surface area contributed by atoms with E-state index < -0.39 is 0 Å². The van der Waals surface area contributed by atoms with Crippen molar-refractivity contribution in [3.63, 3.8) is 0 Å². The van der Waals surface area contributed by atoms with Gasteiger partial charge in [-0.1, -0.05) is 24.3 Å². The van der Waals surface area contributed by atoms with Gasteiger partial charge in [0.1, 0.15) is 0 Å². The second-order valence-corrected chi connectivity index (χ2v) is 9.62. The molecule has 3 heterocycles. The van der Waals surface area contributed by atoms with E-state index in [-0.39, 0.29) is 29.4 Å². The number of aryl methyl sites for hydroxylation is 1. The van der Waals surface area contributed by atoms with Crippen LogP contribution in [-0.2, 0) is 19.6 Å². The van der Waals surface area contributed by atoms with E-state index in [1.54, 1.807) is 0 Å². The average molecular weight is 572 g/mol. The van der Waals surface area contributed by atoms with Gasteiger partial charge < -0.3 is 24.4 Å². The molecule has 3 saturated heterocycles. The maximum atomic E-state index is 6.20. The van der Waals surface area contributed by atoms with E-state index >= 15 is 0 Å². The van der Waals surface area contributed by atoms with Crippen LogP contribution in [0.1, 0.15) is 56.1 Å². The van der Waals surface area contributed by atoms with Gasteiger partial charge in [-0.25, -0.2) is 0 Å². The van der Waals surface area contributed by atoms with Gasteiger partial charge >= 0.3 is 0 Å². The van der Waals surface area contributed by atoms with Gasteiger partial charge in [0.05, 0.1) is 18.8 Å². The van der Waals surface area contributed by atoms with Gasteiger partial charge in [-0.15, -0.1) is 24.0 Å². The topological polar surface area (TPSA) is 55.3 Å². The molecule has 0 bridgehead atoms. The van der Waals surface area contributed by atoms with Crippen molar-refractivity contribution >= 4 is 29.9 Å². The summed E-state index contributed by atoms with van der Waals surface area (Å²) in [6, 6.07) is 8.82. The van der Waals surface area contributed by atoms with Crippen molar-refractivity contribution in [2.24, 2.45) is 4.99 Å². The molecule has 6 nitrogen and oxygen atoms in total. The van der Waals surface area contributed by atoms with Gasteiger partial charge in [0.15, 0.2) is 5.96 Å². The van der Waals surface area contributed by atoms with E-state index in [9.17, 15) is 0 Å². The number of likely N-dealkylation sites (tertiary alicyclic amines) is 1. The van der Waals surface area contributed by atoms with E-state index in [1.165, 1.54) is 24.0 Å². The highest BCUT2D eigenvalue weighted by Crippen LogP contribution is 2.36. The molecule has 7 heteroatoms. The van der Waals surface area contributed by atoms with Crippen molar-refractivity contribution in [2.45, 2.75) is 69.5 Å². The van der Waals surface area contributed by atoms with Crippen LogP contribution < -0.4 is 5.32 Å². The third-order valence-electron chi connectivity index (χ3n) is 7.50. The zero-order valence-electron chi connectivity index (χ0n) is 20.4. The van der Waals surface area contributed by atoms with Crippen LogP contribution in [0.2, 0.25) is 0 Å². The van der Waals surface area contributed by atoms with Crippen molar-refractivity contribution in [1.82, 2.24) is 10.2 Å². The molecule has 0 amide bonds. The third kappa shape index (κ3) is 7.05. The highest BCUT2D eigenvalue weighted by Gasteiger charge is 2.36. The number of hydrogen-bond acceptors (Lipinski definition) is 4. The lowest BCUT2D eigenvalue weighted by Crippen LogP contribution is -2.51. The molecular formula is C26H42IN3O3. The first-order valence-electron chi connectivity index (χ1n) is 12.5. The standard InChI is InChI=1S/C26H41N3O3.HI/c1-21-7-3-4-9-24(21)26(12-17-30-18-13-26)20-28-25(27-2)29-14-10-22(11-15-29)32-19-23-8-5-6-16-31-23;/h3-4,7,9,22-23H,5-6,8,10-20H2,1-2H3,(H,27,28);1H. The number of nitrogens with one attached hydrogen (secondary N) is 1. The quantitative estimate of drug-likeness (QED) is 0.314. The maximum absolute atomic E-state index is 6.20. The van der Waals surface area contributed by atoms with Crippen LogP contribution in [0.25, 0.3) is 0 Å². The van der Waals surface area contributed by atoms with E-state index in [2.05, 4.69) is 46.4 Å². The Morgan fingerprint density at radius 1 is 1.12 bits per heavy atom. The third-order valence-corrected chi connectivity index (χ3v) is 7.50. The Bertz CT molecular complexity index is 740. The van der Waals surface area contributed by atoms with Gasteiger partial charge in [0.25, 0.3) is 0 Å². The van der Waals surface area contributed by atoms with Crippen LogP contribution in [0.4, 0.5) is 0 Å². The molecule has 0 saturated carbocycles. The summed E-state index contributed by atoms with van der Waals surface area (Å²) in [4.78, 5) is 7.02. The Kier molecular flexibility index (Phi) is 10.7. The molecule has 3 aliphatic heterocycles. The summed E-state index contributed by atoms with van der Waals surface area (Å²) in [5, 5.41) is 3.73. The molecule has 0 radical (unpaired) electrons. The Morgan fingerprint density at radius 3 is 2.55 bits per heavy atom.